The van der Waals surface area contributed by atoms with Gasteiger partial charge in [-0.15, -0.1) is 0 Å². The van der Waals surface area contributed by atoms with Crippen LogP contribution in [0.3, 0.4) is 0 Å². The number of hydrogen-bond acceptors (Lipinski definition) is 3. The second kappa shape index (κ2) is 3.23. The van der Waals surface area contributed by atoms with Crippen LogP contribution in [0.1, 0.15) is 29.4 Å². The number of carbonyl (C=O) groups excluding carboxylic acids is 1. The van der Waals surface area contributed by atoms with Gasteiger partial charge in [-0.3, -0.25) is 4.79 Å². The topological polar surface area (TPSA) is 60.1 Å². The number of hydrogen-bond donors (Lipinski definition) is 0. The smallest absolute Gasteiger partial charge is 0.267 e. The predicted octanol–water partition coefficient (Wildman–Crippen LogP) is 1.41. The largest absolute Gasteiger partial charge is 0.279 e. The number of aromatic nitrogens is 3. The maximum Gasteiger partial charge on any atom is 0.279 e. The molecular formula is C11H10N4O. The van der Waals surface area contributed by atoms with E-state index in [1.165, 1.54) is 6.21 Å². The Bertz CT molecular complexity index is 612. The summed E-state index contributed by atoms with van der Waals surface area (Å²) in [7, 11) is 0. The molecule has 0 unspecified atom stereocenters. The number of fused-ring (bicyclic) bond motifs is 2. The van der Waals surface area contributed by atoms with Crippen molar-refractivity contribution in [3.05, 3.63) is 23.5 Å². The summed E-state index contributed by atoms with van der Waals surface area (Å²) in [5, 5.41) is 5.14. The van der Waals surface area contributed by atoms with Gasteiger partial charge in [0, 0.05) is 11.9 Å². The lowest BCUT2D eigenvalue weighted by molar-refractivity contribution is 0.101. The number of amides is 1. The molecule has 0 radical (unpaired) electrons. The lowest BCUT2D eigenvalue weighted by Crippen LogP contribution is -2.02. The van der Waals surface area contributed by atoms with Crippen molar-refractivity contribution >= 4 is 23.2 Å². The van der Waals surface area contributed by atoms with Crippen LogP contribution in [-0.4, -0.2) is 26.9 Å². The molecule has 0 aromatic carbocycles. The van der Waals surface area contributed by atoms with E-state index in [2.05, 4.69) is 22.0 Å². The summed E-state index contributed by atoms with van der Waals surface area (Å²) in [6.45, 7) is 2.92. The van der Waals surface area contributed by atoms with E-state index < -0.39 is 0 Å². The Morgan fingerprint density at radius 1 is 1.44 bits per heavy atom. The van der Waals surface area contributed by atoms with Crippen LogP contribution in [0.15, 0.2) is 17.3 Å². The molecule has 0 saturated carbocycles. The van der Waals surface area contributed by atoms with Crippen LogP contribution < -0.4 is 0 Å². The Morgan fingerprint density at radius 2 is 2.31 bits per heavy atom. The van der Waals surface area contributed by atoms with E-state index in [1.807, 2.05) is 10.7 Å². The van der Waals surface area contributed by atoms with E-state index in [4.69, 9.17) is 0 Å². The van der Waals surface area contributed by atoms with Crippen molar-refractivity contribution in [1.29, 1.82) is 0 Å². The van der Waals surface area contributed by atoms with Crippen LogP contribution in [-0.2, 0) is 6.54 Å². The number of aliphatic imine (C=N–C) groups is 1. The third-order valence-electron chi connectivity index (χ3n) is 2.61. The molecule has 0 spiro atoms. The van der Waals surface area contributed by atoms with E-state index in [1.54, 1.807) is 6.20 Å². The third kappa shape index (κ3) is 1.18. The average Bonchev–Trinajstić information content (AvgIpc) is 2.83. The van der Waals surface area contributed by atoms with Crippen molar-refractivity contribution in [3.8, 4) is 0 Å². The van der Waals surface area contributed by atoms with E-state index in [9.17, 15) is 4.79 Å². The predicted molar refractivity (Wildman–Crippen MR) is 59.7 cm³/mol. The Hall–Kier alpha value is -2.04. The molecule has 3 rings (SSSR count). The molecule has 5 nitrogen and oxygen atoms in total. The van der Waals surface area contributed by atoms with Crippen LogP contribution in [0.4, 0.5) is 0 Å². The standard InChI is InChI=1S/C11H10N4O/c1-2-3-15-10-7(5-13-15)4-8-9(14-10)6-12-11(8)16/h4-6H,2-3H2,1H3. The van der Waals surface area contributed by atoms with Gasteiger partial charge in [-0.05, 0) is 12.5 Å². The maximum atomic E-state index is 11.4. The van der Waals surface area contributed by atoms with Gasteiger partial charge in [0.1, 0.15) is 0 Å². The number of nitrogens with zero attached hydrogens (tertiary/aromatic N) is 4. The second-order valence-corrected chi connectivity index (χ2v) is 3.77. The third-order valence-corrected chi connectivity index (χ3v) is 2.61. The zero-order valence-corrected chi connectivity index (χ0v) is 8.84. The van der Waals surface area contributed by atoms with Crippen LogP contribution in [0.25, 0.3) is 11.0 Å². The molecule has 2 aromatic heterocycles. The van der Waals surface area contributed by atoms with Gasteiger partial charge in [-0.1, -0.05) is 6.92 Å². The SMILES string of the molecule is CCCn1ncc2cc3c(nc21)C=NC3=O. The van der Waals surface area contributed by atoms with E-state index >= 15 is 0 Å². The monoisotopic (exact) mass is 214 g/mol. The quantitative estimate of drug-likeness (QED) is 0.759. The van der Waals surface area contributed by atoms with E-state index in [0.29, 0.717) is 11.3 Å². The molecule has 5 heteroatoms. The van der Waals surface area contributed by atoms with Crippen LogP contribution in [0, 0.1) is 0 Å². The fraction of sp³-hybridized carbons (Fsp3) is 0.273. The Morgan fingerprint density at radius 3 is 3.12 bits per heavy atom. The first-order valence-corrected chi connectivity index (χ1v) is 5.24. The van der Waals surface area contributed by atoms with Crippen molar-refractivity contribution in [1.82, 2.24) is 14.8 Å². The van der Waals surface area contributed by atoms with Crippen molar-refractivity contribution < 1.29 is 4.79 Å². The fourth-order valence-corrected chi connectivity index (χ4v) is 1.86. The highest BCUT2D eigenvalue weighted by atomic mass is 16.1. The maximum absolute atomic E-state index is 11.4. The number of pyridine rings is 1. The molecule has 80 valence electrons. The average molecular weight is 214 g/mol. The van der Waals surface area contributed by atoms with E-state index in [-0.39, 0.29) is 5.91 Å². The Labute approximate surface area is 91.8 Å². The summed E-state index contributed by atoms with van der Waals surface area (Å²) in [6, 6.07) is 1.81. The van der Waals surface area contributed by atoms with Crippen molar-refractivity contribution in [3.63, 3.8) is 0 Å². The van der Waals surface area contributed by atoms with Gasteiger partial charge in [0.15, 0.2) is 5.65 Å². The molecule has 3 heterocycles. The summed E-state index contributed by atoms with van der Waals surface area (Å²) in [6.07, 6.45) is 4.26. The van der Waals surface area contributed by atoms with Gasteiger partial charge in [-0.25, -0.2) is 14.7 Å². The molecule has 0 atom stereocenters. The molecule has 0 fully saturated rings. The lowest BCUT2D eigenvalue weighted by atomic mass is 10.2. The summed E-state index contributed by atoms with van der Waals surface area (Å²) in [5.41, 5.74) is 2.04. The summed E-state index contributed by atoms with van der Waals surface area (Å²) >= 11 is 0. The zero-order chi connectivity index (χ0) is 11.1. The van der Waals surface area contributed by atoms with Gasteiger partial charge >= 0.3 is 0 Å². The summed E-state index contributed by atoms with van der Waals surface area (Å²) in [5.74, 6) is -0.215. The van der Waals surface area contributed by atoms with Gasteiger partial charge in [0.2, 0.25) is 0 Å². The highest BCUT2D eigenvalue weighted by Gasteiger charge is 2.19. The molecule has 1 aliphatic rings. The first-order chi connectivity index (χ1) is 7.79. The normalized spacial score (nSPS) is 13.7. The first-order valence-electron chi connectivity index (χ1n) is 5.24. The minimum Gasteiger partial charge on any atom is -0.267 e. The number of carbonyl (C=O) groups is 1. The molecule has 0 aliphatic carbocycles. The van der Waals surface area contributed by atoms with Gasteiger partial charge in [0.05, 0.1) is 23.7 Å². The Balaban J connectivity index is 2.24. The minimum atomic E-state index is -0.215. The molecule has 0 saturated heterocycles. The van der Waals surface area contributed by atoms with E-state index in [0.717, 1.165) is 24.0 Å². The molecule has 1 amide bonds. The summed E-state index contributed by atoms with van der Waals surface area (Å²) < 4.78 is 1.85. The molecule has 0 N–H and O–H groups in total. The van der Waals surface area contributed by atoms with Crippen molar-refractivity contribution in [2.75, 3.05) is 0 Å². The van der Waals surface area contributed by atoms with Crippen LogP contribution in [0.2, 0.25) is 0 Å². The lowest BCUT2D eigenvalue weighted by Gasteiger charge is -2.00. The van der Waals surface area contributed by atoms with Gasteiger partial charge < -0.3 is 0 Å². The molecule has 0 bridgehead atoms. The highest BCUT2D eigenvalue weighted by molar-refractivity contribution is 6.13. The summed E-state index contributed by atoms with van der Waals surface area (Å²) in [4.78, 5) is 19.5. The van der Waals surface area contributed by atoms with Crippen molar-refractivity contribution in [2.45, 2.75) is 19.9 Å². The Kier molecular flexibility index (Phi) is 1.86. The first kappa shape index (κ1) is 9.21. The molecule has 2 aromatic rings. The number of aryl methyl sites for hydroxylation is 1. The fourth-order valence-electron chi connectivity index (χ4n) is 1.86. The van der Waals surface area contributed by atoms with Crippen molar-refractivity contribution in [2.24, 2.45) is 4.99 Å². The van der Waals surface area contributed by atoms with Crippen LogP contribution >= 0.6 is 0 Å². The second-order valence-electron chi connectivity index (χ2n) is 3.77. The van der Waals surface area contributed by atoms with Gasteiger partial charge in [-0.2, -0.15) is 5.10 Å². The highest BCUT2D eigenvalue weighted by Crippen LogP contribution is 2.19. The number of rotatable bonds is 2. The molecule has 1 aliphatic heterocycles. The zero-order valence-electron chi connectivity index (χ0n) is 8.84. The van der Waals surface area contributed by atoms with Crippen LogP contribution in [0.5, 0.6) is 0 Å². The minimum absolute atomic E-state index is 0.215. The molecular weight excluding hydrogens is 204 g/mol. The van der Waals surface area contributed by atoms with Gasteiger partial charge in [0.25, 0.3) is 5.91 Å². The molecule has 16 heavy (non-hydrogen) atoms.